The lowest BCUT2D eigenvalue weighted by Gasteiger charge is -2.24. The Labute approximate surface area is 272 Å². The van der Waals surface area contributed by atoms with Crippen molar-refractivity contribution in [1.29, 1.82) is 0 Å². The number of hydrogen-bond donors (Lipinski definition) is 1. The minimum Gasteiger partial charge on any atom is -0.493 e. The summed E-state index contributed by atoms with van der Waals surface area (Å²) in [5.74, 6) is 1.42. The summed E-state index contributed by atoms with van der Waals surface area (Å²) in [6, 6.07) is 20.8. The molecule has 0 aliphatic carbocycles. The molecule has 10 nitrogen and oxygen atoms in total. The van der Waals surface area contributed by atoms with Crippen LogP contribution in [-0.2, 0) is 11.3 Å². The van der Waals surface area contributed by atoms with Gasteiger partial charge in [-0.2, -0.15) is 5.10 Å². The lowest BCUT2D eigenvalue weighted by atomic mass is 9.99. The quantitative estimate of drug-likeness (QED) is 0.170. The molecule has 0 fully saturated rings. The Morgan fingerprint density at radius 3 is 2.56 bits per heavy atom. The number of amides is 2. The summed E-state index contributed by atoms with van der Waals surface area (Å²) in [6.45, 7) is 2.18. The Balaban J connectivity index is 1.27. The lowest BCUT2D eigenvalue weighted by Crippen LogP contribution is -2.29. The number of carbonyl (C=O) groups is 2. The van der Waals surface area contributed by atoms with Crippen molar-refractivity contribution in [3.8, 4) is 17.2 Å². The first-order chi connectivity index (χ1) is 22.0. The van der Waals surface area contributed by atoms with E-state index in [1.165, 1.54) is 23.1 Å². The number of nitrogens with one attached hydrogen (secondary N) is 1. The van der Waals surface area contributed by atoms with Gasteiger partial charge in [-0.15, -0.1) is 32.9 Å². The van der Waals surface area contributed by atoms with Crippen LogP contribution in [0.25, 0.3) is 5.69 Å². The van der Waals surface area contributed by atoms with Crippen LogP contribution in [0.1, 0.15) is 44.0 Å². The fraction of sp³-hybridized carbons (Fsp3) is 0.219. The minimum absolute atomic E-state index is 0.0650. The molecule has 0 saturated carbocycles. The maximum atomic E-state index is 13.9. The molecule has 1 N–H and O–H groups in total. The van der Waals surface area contributed by atoms with Gasteiger partial charge >= 0.3 is 0 Å². The van der Waals surface area contributed by atoms with Gasteiger partial charge in [0.1, 0.15) is 0 Å². The van der Waals surface area contributed by atoms with Gasteiger partial charge in [0.05, 0.1) is 48.0 Å². The van der Waals surface area contributed by atoms with Gasteiger partial charge in [0.15, 0.2) is 22.5 Å². The molecule has 1 aliphatic rings. The van der Waals surface area contributed by atoms with E-state index in [0.29, 0.717) is 33.8 Å². The van der Waals surface area contributed by atoms with Crippen LogP contribution in [0.5, 0.6) is 11.5 Å². The van der Waals surface area contributed by atoms with E-state index in [4.69, 9.17) is 14.6 Å². The van der Waals surface area contributed by atoms with Crippen molar-refractivity contribution in [2.45, 2.75) is 31.1 Å². The molecule has 0 unspecified atom stereocenters. The molecule has 230 valence electrons. The van der Waals surface area contributed by atoms with Crippen molar-refractivity contribution in [1.82, 2.24) is 25.1 Å². The van der Waals surface area contributed by atoms with E-state index in [2.05, 4.69) is 15.5 Å². The molecule has 13 heteroatoms. The minimum atomic E-state index is -0.377. The molecular weight excluding hydrogens is 629 g/mol. The average Bonchev–Trinajstić information content (AvgIpc) is 3.89. The van der Waals surface area contributed by atoms with Crippen LogP contribution in [0.4, 0.5) is 0 Å². The molecule has 2 amide bonds. The van der Waals surface area contributed by atoms with Crippen molar-refractivity contribution < 1.29 is 19.1 Å². The SMILES string of the molecule is COc1cccc([C@H]2CC(c3cccs3)=NN2C(=O)CSc2nnc(CNC(=O)c3cccs3)n2-c2cccc(C)c2)c1OC. The molecule has 0 saturated heterocycles. The summed E-state index contributed by atoms with van der Waals surface area (Å²) in [5, 5.41) is 22.5. The van der Waals surface area contributed by atoms with E-state index in [1.807, 2.05) is 82.9 Å². The maximum absolute atomic E-state index is 13.9. The molecule has 0 bridgehead atoms. The van der Waals surface area contributed by atoms with Crippen LogP contribution in [0.3, 0.4) is 0 Å². The van der Waals surface area contributed by atoms with Crippen molar-refractivity contribution >= 4 is 52.0 Å². The van der Waals surface area contributed by atoms with E-state index < -0.39 is 0 Å². The number of rotatable bonds is 11. The first kappa shape index (κ1) is 30.6. The summed E-state index contributed by atoms with van der Waals surface area (Å²) in [4.78, 5) is 28.2. The van der Waals surface area contributed by atoms with Crippen LogP contribution in [0.15, 0.2) is 87.7 Å². The van der Waals surface area contributed by atoms with Crippen molar-refractivity contribution in [2.75, 3.05) is 20.0 Å². The fourth-order valence-electron chi connectivity index (χ4n) is 5.13. The number of hydrazone groups is 1. The molecule has 45 heavy (non-hydrogen) atoms. The lowest BCUT2D eigenvalue weighted by molar-refractivity contribution is -0.130. The van der Waals surface area contributed by atoms with E-state index in [-0.39, 0.29) is 30.2 Å². The average molecular weight is 659 g/mol. The van der Waals surface area contributed by atoms with Crippen LogP contribution >= 0.6 is 34.4 Å². The number of carbonyl (C=O) groups excluding carboxylic acids is 2. The number of thioether (sulfide) groups is 1. The predicted molar refractivity (Wildman–Crippen MR) is 177 cm³/mol. The number of thiophene rings is 2. The summed E-state index contributed by atoms with van der Waals surface area (Å²) < 4.78 is 13.2. The monoisotopic (exact) mass is 658 g/mol. The molecule has 1 aliphatic heterocycles. The predicted octanol–water partition coefficient (Wildman–Crippen LogP) is 6.12. The summed E-state index contributed by atoms with van der Waals surface area (Å²) in [7, 11) is 3.19. The van der Waals surface area contributed by atoms with E-state index in [0.717, 1.165) is 27.4 Å². The largest absolute Gasteiger partial charge is 0.493 e. The summed E-state index contributed by atoms with van der Waals surface area (Å²) in [6.07, 6.45) is 0.536. The summed E-state index contributed by atoms with van der Waals surface area (Å²) in [5.41, 5.74) is 3.56. The number of methoxy groups -OCH3 is 2. The van der Waals surface area contributed by atoms with Crippen LogP contribution in [0, 0.1) is 6.92 Å². The van der Waals surface area contributed by atoms with Crippen molar-refractivity contribution in [3.05, 3.63) is 104 Å². The molecule has 4 heterocycles. The third kappa shape index (κ3) is 6.51. The second-order valence-electron chi connectivity index (χ2n) is 10.1. The Kier molecular flexibility index (Phi) is 9.29. The topological polar surface area (TPSA) is 111 Å². The number of para-hydroxylation sites is 1. The number of aromatic nitrogens is 3. The highest BCUT2D eigenvalue weighted by atomic mass is 32.2. The van der Waals surface area contributed by atoms with Gasteiger partial charge in [-0.05, 0) is 53.6 Å². The highest BCUT2D eigenvalue weighted by Crippen LogP contribution is 2.42. The Hall–Kier alpha value is -4.46. The van der Waals surface area contributed by atoms with Gasteiger partial charge in [-0.3, -0.25) is 14.2 Å². The standard InChI is InChI=1S/C32H30N6O4S3/c1-20-8-4-9-21(16-20)37-28(18-33-31(40)27-13-7-15-44-27)34-35-32(37)45-19-29(39)38-24(17-23(36-38)26-12-6-14-43-26)22-10-5-11-25(41-2)30(22)42-3/h4-16,24H,17-19H2,1-3H3,(H,33,40)/t24-/m1/s1. The van der Waals surface area contributed by atoms with Gasteiger partial charge < -0.3 is 14.8 Å². The van der Waals surface area contributed by atoms with Gasteiger partial charge in [0.25, 0.3) is 11.8 Å². The molecule has 5 aromatic rings. The normalized spacial score (nSPS) is 14.3. The first-order valence-electron chi connectivity index (χ1n) is 14.1. The molecule has 1 atom stereocenters. The third-order valence-electron chi connectivity index (χ3n) is 7.20. The molecular formula is C32H30N6O4S3. The zero-order valence-electron chi connectivity index (χ0n) is 24.8. The number of aryl methyl sites for hydroxylation is 1. The molecule has 6 rings (SSSR count). The van der Waals surface area contributed by atoms with Crippen LogP contribution in [0.2, 0.25) is 0 Å². The molecule has 0 spiro atoms. The first-order valence-corrected chi connectivity index (χ1v) is 16.8. The van der Waals surface area contributed by atoms with Gasteiger partial charge in [-0.1, -0.05) is 48.2 Å². The Morgan fingerprint density at radius 1 is 1.00 bits per heavy atom. The van der Waals surface area contributed by atoms with Crippen LogP contribution in [-0.4, -0.2) is 57.3 Å². The highest BCUT2D eigenvalue weighted by Gasteiger charge is 2.36. The molecule has 2 aromatic carbocycles. The summed E-state index contributed by atoms with van der Waals surface area (Å²) >= 11 is 4.23. The smallest absolute Gasteiger partial charge is 0.261 e. The second kappa shape index (κ2) is 13.7. The van der Waals surface area contributed by atoms with E-state index in [1.54, 1.807) is 36.6 Å². The third-order valence-corrected chi connectivity index (χ3v) is 9.90. The Morgan fingerprint density at radius 2 is 1.82 bits per heavy atom. The number of nitrogens with zero attached hydrogens (tertiary/aromatic N) is 5. The number of ether oxygens (including phenoxy) is 2. The fourth-order valence-corrected chi connectivity index (χ4v) is 7.31. The second-order valence-corrected chi connectivity index (χ2v) is 12.9. The number of hydrogen-bond acceptors (Lipinski definition) is 10. The van der Waals surface area contributed by atoms with Gasteiger partial charge in [-0.25, -0.2) is 5.01 Å². The van der Waals surface area contributed by atoms with E-state index in [9.17, 15) is 9.59 Å². The number of benzene rings is 2. The Bertz CT molecular complexity index is 1840. The van der Waals surface area contributed by atoms with E-state index >= 15 is 0 Å². The van der Waals surface area contributed by atoms with Crippen molar-refractivity contribution in [3.63, 3.8) is 0 Å². The van der Waals surface area contributed by atoms with Crippen LogP contribution < -0.4 is 14.8 Å². The highest BCUT2D eigenvalue weighted by molar-refractivity contribution is 7.99. The van der Waals surface area contributed by atoms with Gasteiger partial charge in [0, 0.05) is 17.7 Å². The van der Waals surface area contributed by atoms with Crippen molar-refractivity contribution in [2.24, 2.45) is 5.10 Å². The molecule has 0 radical (unpaired) electrons. The zero-order chi connectivity index (χ0) is 31.3. The molecule has 3 aromatic heterocycles. The zero-order valence-corrected chi connectivity index (χ0v) is 27.2. The maximum Gasteiger partial charge on any atom is 0.261 e. The van der Waals surface area contributed by atoms with Gasteiger partial charge in [0.2, 0.25) is 0 Å².